The molecule has 1 N–H and O–H groups in total. The van der Waals surface area contributed by atoms with Gasteiger partial charge in [0.05, 0.1) is 5.69 Å². The number of halogens is 1. The molecule has 0 unspecified atom stereocenters. The van der Waals surface area contributed by atoms with Crippen LogP contribution in [0.4, 0.5) is 0 Å². The van der Waals surface area contributed by atoms with E-state index >= 15 is 0 Å². The van der Waals surface area contributed by atoms with Crippen LogP contribution in [0, 0.1) is 0 Å². The summed E-state index contributed by atoms with van der Waals surface area (Å²) in [6.45, 7) is 5.94. The molecule has 0 aliphatic rings. The SMILES string of the molecule is CCc1nc(SCCCCC(=O)NC(C)C)n(C)c(=O)c1Cc1cccc(Cl)c1. The number of unbranched alkanes of at least 4 members (excludes halogenated alkanes) is 1. The fourth-order valence-electron chi connectivity index (χ4n) is 3.07. The summed E-state index contributed by atoms with van der Waals surface area (Å²) in [6.07, 6.45) is 3.49. The van der Waals surface area contributed by atoms with Gasteiger partial charge in [-0.15, -0.1) is 0 Å². The monoisotopic (exact) mass is 435 g/mol. The number of carbonyl (C=O) groups is 1. The number of thioether (sulfide) groups is 1. The summed E-state index contributed by atoms with van der Waals surface area (Å²) in [5.41, 5.74) is 2.57. The Morgan fingerprint density at radius 1 is 1.31 bits per heavy atom. The van der Waals surface area contributed by atoms with Crippen molar-refractivity contribution in [1.29, 1.82) is 0 Å². The molecule has 1 aromatic heterocycles. The molecule has 0 bridgehead atoms. The zero-order chi connectivity index (χ0) is 21.4. The minimum Gasteiger partial charge on any atom is -0.354 e. The smallest absolute Gasteiger partial charge is 0.257 e. The van der Waals surface area contributed by atoms with Crippen LogP contribution in [0.2, 0.25) is 5.02 Å². The first-order valence-electron chi connectivity index (χ1n) is 10.1. The Bertz CT molecular complexity index is 896. The Kier molecular flexibility index (Phi) is 9.24. The van der Waals surface area contributed by atoms with Gasteiger partial charge in [-0.25, -0.2) is 4.98 Å². The van der Waals surface area contributed by atoms with Crippen LogP contribution in [0.25, 0.3) is 0 Å². The van der Waals surface area contributed by atoms with Gasteiger partial charge in [-0.05, 0) is 50.8 Å². The summed E-state index contributed by atoms with van der Waals surface area (Å²) in [5.74, 6) is 0.917. The van der Waals surface area contributed by atoms with Crippen LogP contribution in [0.3, 0.4) is 0 Å². The van der Waals surface area contributed by atoms with E-state index < -0.39 is 0 Å². The highest BCUT2D eigenvalue weighted by atomic mass is 35.5. The van der Waals surface area contributed by atoms with E-state index in [1.807, 2.05) is 45.0 Å². The van der Waals surface area contributed by atoms with Crippen molar-refractivity contribution in [1.82, 2.24) is 14.9 Å². The van der Waals surface area contributed by atoms with E-state index in [9.17, 15) is 9.59 Å². The van der Waals surface area contributed by atoms with Crippen LogP contribution >= 0.6 is 23.4 Å². The van der Waals surface area contributed by atoms with Crippen LogP contribution in [-0.4, -0.2) is 27.3 Å². The van der Waals surface area contributed by atoms with Gasteiger partial charge in [-0.3, -0.25) is 14.2 Å². The van der Waals surface area contributed by atoms with E-state index in [1.165, 1.54) is 0 Å². The number of rotatable bonds is 10. The van der Waals surface area contributed by atoms with Crippen molar-refractivity contribution < 1.29 is 4.79 Å². The van der Waals surface area contributed by atoms with Gasteiger partial charge in [0, 0.05) is 42.3 Å². The molecule has 0 radical (unpaired) electrons. The fraction of sp³-hybridized carbons (Fsp3) is 0.500. The summed E-state index contributed by atoms with van der Waals surface area (Å²) in [6, 6.07) is 7.76. The summed E-state index contributed by atoms with van der Waals surface area (Å²) in [4.78, 5) is 29.4. The Balaban J connectivity index is 2.02. The van der Waals surface area contributed by atoms with Crippen molar-refractivity contribution in [3.63, 3.8) is 0 Å². The predicted octanol–water partition coefficient (Wildman–Crippen LogP) is 4.37. The van der Waals surface area contributed by atoms with E-state index in [0.29, 0.717) is 24.3 Å². The zero-order valence-corrected chi connectivity index (χ0v) is 19.2. The maximum absolute atomic E-state index is 13.0. The molecule has 0 saturated carbocycles. The number of aromatic nitrogens is 2. The predicted molar refractivity (Wildman–Crippen MR) is 121 cm³/mol. The molecule has 0 saturated heterocycles. The highest BCUT2D eigenvalue weighted by Gasteiger charge is 2.15. The molecule has 0 spiro atoms. The first kappa shape index (κ1) is 23.5. The summed E-state index contributed by atoms with van der Waals surface area (Å²) < 4.78 is 1.63. The number of aryl methyl sites for hydroxylation is 1. The number of carbonyl (C=O) groups excluding carboxylic acids is 1. The zero-order valence-electron chi connectivity index (χ0n) is 17.6. The maximum Gasteiger partial charge on any atom is 0.257 e. The Morgan fingerprint density at radius 3 is 2.72 bits per heavy atom. The van der Waals surface area contributed by atoms with E-state index in [0.717, 1.165) is 40.6 Å². The average molecular weight is 436 g/mol. The van der Waals surface area contributed by atoms with Crippen molar-refractivity contribution in [3.05, 3.63) is 56.5 Å². The van der Waals surface area contributed by atoms with E-state index in [4.69, 9.17) is 16.6 Å². The summed E-state index contributed by atoms with van der Waals surface area (Å²) in [5, 5.41) is 4.30. The van der Waals surface area contributed by atoms with Gasteiger partial charge < -0.3 is 5.32 Å². The molecular formula is C22H30ClN3O2S. The Labute approximate surface area is 182 Å². The highest BCUT2D eigenvalue weighted by molar-refractivity contribution is 7.99. The van der Waals surface area contributed by atoms with Crippen molar-refractivity contribution in [3.8, 4) is 0 Å². The van der Waals surface area contributed by atoms with E-state index in [-0.39, 0.29) is 17.5 Å². The fourth-order valence-corrected chi connectivity index (χ4v) is 4.26. The third-order valence-electron chi connectivity index (χ3n) is 4.51. The molecule has 1 amide bonds. The van der Waals surface area contributed by atoms with Crippen LogP contribution < -0.4 is 10.9 Å². The Morgan fingerprint density at radius 2 is 2.07 bits per heavy atom. The first-order valence-corrected chi connectivity index (χ1v) is 11.4. The molecule has 1 heterocycles. The number of amides is 1. The number of hydrogen-bond donors (Lipinski definition) is 1. The average Bonchev–Trinajstić information content (AvgIpc) is 2.66. The topological polar surface area (TPSA) is 64.0 Å². The maximum atomic E-state index is 13.0. The lowest BCUT2D eigenvalue weighted by molar-refractivity contribution is -0.121. The number of nitrogens with one attached hydrogen (secondary N) is 1. The molecular weight excluding hydrogens is 406 g/mol. The lowest BCUT2D eigenvalue weighted by Gasteiger charge is -2.13. The van der Waals surface area contributed by atoms with E-state index in [1.54, 1.807) is 23.4 Å². The highest BCUT2D eigenvalue weighted by Crippen LogP contribution is 2.20. The molecule has 0 fully saturated rings. The lowest BCUT2D eigenvalue weighted by atomic mass is 10.0. The third kappa shape index (κ3) is 7.19. The molecule has 158 valence electrons. The van der Waals surface area contributed by atoms with Gasteiger partial charge in [0.25, 0.3) is 5.56 Å². The van der Waals surface area contributed by atoms with Crippen molar-refractivity contribution >= 4 is 29.3 Å². The molecule has 0 atom stereocenters. The van der Waals surface area contributed by atoms with Crippen LogP contribution in [0.15, 0.2) is 34.2 Å². The van der Waals surface area contributed by atoms with Crippen molar-refractivity contribution in [2.24, 2.45) is 7.05 Å². The van der Waals surface area contributed by atoms with Gasteiger partial charge in [-0.1, -0.05) is 42.4 Å². The van der Waals surface area contributed by atoms with E-state index in [2.05, 4.69) is 5.32 Å². The number of nitrogens with zero attached hydrogens (tertiary/aromatic N) is 2. The van der Waals surface area contributed by atoms with Gasteiger partial charge >= 0.3 is 0 Å². The summed E-state index contributed by atoms with van der Waals surface area (Å²) >= 11 is 7.65. The standard InChI is InChI=1S/C22H30ClN3O2S/c1-5-19-18(14-16-9-8-10-17(23)13-16)21(28)26(4)22(25-19)29-12-7-6-11-20(27)24-15(2)3/h8-10,13,15H,5-7,11-12,14H2,1-4H3,(H,24,27). The second-order valence-corrected chi connectivity index (χ2v) is 8.87. The number of benzene rings is 1. The minimum absolute atomic E-state index is 0.00404. The third-order valence-corrected chi connectivity index (χ3v) is 5.86. The van der Waals surface area contributed by atoms with Crippen LogP contribution in [0.5, 0.6) is 0 Å². The normalized spacial score (nSPS) is 11.1. The number of hydrogen-bond acceptors (Lipinski definition) is 4. The molecule has 2 rings (SSSR count). The molecule has 7 heteroatoms. The second kappa shape index (κ2) is 11.4. The Hall–Kier alpha value is -1.79. The molecule has 2 aromatic rings. The molecule has 1 aromatic carbocycles. The summed E-state index contributed by atoms with van der Waals surface area (Å²) in [7, 11) is 1.77. The quantitative estimate of drug-likeness (QED) is 0.342. The molecule has 5 nitrogen and oxygen atoms in total. The second-order valence-electron chi connectivity index (χ2n) is 7.37. The van der Waals surface area contributed by atoms with Crippen LogP contribution in [0.1, 0.15) is 56.9 Å². The van der Waals surface area contributed by atoms with Crippen LogP contribution in [-0.2, 0) is 24.7 Å². The van der Waals surface area contributed by atoms with Gasteiger partial charge in [-0.2, -0.15) is 0 Å². The van der Waals surface area contributed by atoms with Crippen molar-refractivity contribution in [2.75, 3.05) is 5.75 Å². The minimum atomic E-state index is -0.00404. The van der Waals surface area contributed by atoms with Gasteiger partial charge in [0.2, 0.25) is 5.91 Å². The largest absolute Gasteiger partial charge is 0.354 e. The molecule has 29 heavy (non-hydrogen) atoms. The molecule has 0 aliphatic heterocycles. The lowest BCUT2D eigenvalue weighted by Crippen LogP contribution is -2.29. The molecule has 0 aliphatic carbocycles. The first-order chi connectivity index (χ1) is 13.8. The van der Waals surface area contributed by atoms with Crippen molar-refractivity contribution in [2.45, 2.75) is 64.1 Å². The van der Waals surface area contributed by atoms with Gasteiger partial charge in [0.15, 0.2) is 5.16 Å². The van der Waals surface area contributed by atoms with Gasteiger partial charge in [0.1, 0.15) is 0 Å².